The first-order valence-corrected chi connectivity index (χ1v) is 23.9. The second kappa shape index (κ2) is 27.1. The molecule has 19 heteroatoms. The Hall–Kier alpha value is -1.59. The molecule has 0 aromatic heterocycles. The number of hydrogen-bond donors (Lipinski definition) is 0. The van der Waals surface area contributed by atoms with Crippen molar-refractivity contribution in [3.05, 3.63) is 64.1 Å². The van der Waals surface area contributed by atoms with Crippen molar-refractivity contribution in [2.45, 2.75) is 55.4 Å². The van der Waals surface area contributed by atoms with Crippen molar-refractivity contribution in [2.24, 2.45) is 0 Å². The quantitative estimate of drug-likeness (QED) is 0.0856. The zero-order chi connectivity index (χ0) is 38.9. The SMILES string of the molecule is CCOC(=O)c1ccc(Br)cc1.CCOC(=O)c1ccc(P(=O)(CP(=O)(OCC)OCC)OCC)cc1.CCO[P+](=O)CP(=O)(OCC)OCC. The maximum Gasteiger partial charge on any atom is 0.521 e. The van der Waals surface area contributed by atoms with Crippen LogP contribution in [0.2, 0.25) is 0 Å². The van der Waals surface area contributed by atoms with Gasteiger partial charge in [0, 0.05) is 9.78 Å². The van der Waals surface area contributed by atoms with Crippen LogP contribution < -0.4 is 5.30 Å². The van der Waals surface area contributed by atoms with Gasteiger partial charge < -0.3 is 32.1 Å². The molecule has 2 aromatic carbocycles. The summed E-state index contributed by atoms with van der Waals surface area (Å²) in [6.07, 6.45) is 0. The Bertz CT molecular complexity index is 1430. The van der Waals surface area contributed by atoms with Crippen molar-refractivity contribution in [1.29, 1.82) is 0 Å². The van der Waals surface area contributed by atoms with Gasteiger partial charge in [-0.2, -0.15) is 0 Å². The van der Waals surface area contributed by atoms with Gasteiger partial charge in [-0.15, -0.1) is 4.52 Å². The van der Waals surface area contributed by atoms with Crippen LogP contribution in [-0.4, -0.2) is 76.6 Å². The molecule has 51 heavy (non-hydrogen) atoms. The molecule has 2 atom stereocenters. The average Bonchev–Trinajstić information content (AvgIpc) is 3.06. The number of halogens is 1. The molecule has 0 saturated heterocycles. The first kappa shape index (κ1) is 49.4. The molecular weight excluding hydrogens is 812 g/mol. The standard InChI is InChI=1S/C16H26O7P2.C9H9BrO2.C7H17O5P2/c1-5-20-16(17)14-9-11-15(12-10-14)24(18,21-6-2)13-25(19,22-7-3)23-8-4;1-2-12-9(11)7-3-5-8(10)6-4-7;1-4-10-13(8)7-14(9,11-5-2)12-6-3/h9-12H,5-8,13H2,1-4H3;3-6H,2H2,1H3;4-7H2,1-3H3/q;;+1. The molecule has 0 bridgehead atoms. The van der Waals surface area contributed by atoms with Gasteiger partial charge in [0.2, 0.25) is 7.37 Å². The molecule has 0 saturated carbocycles. The number of rotatable bonds is 21. The Kier molecular flexibility index (Phi) is 26.2. The van der Waals surface area contributed by atoms with E-state index in [1.54, 1.807) is 67.5 Å². The lowest BCUT2D eigenvalue weighted by atomic mass is 10.2. The fourth-order valence-corrected chi connectivity index (χ4v) is 12.8. The summed E-state index contributed by atoms with van der Waals surface area (Å²) < 4.78 is 90.4. The van der Waals surface area contributed by atoms with E-state index < -0.39 is 36.6 Å². The number of esters is 2. The minimum atomic E-state index is -3.56. The van der Waals surface area contributed by atoms with Gasteiger partial charge in [-0.25, -0.2) is 9.59 Å². The van der Waals surface area contributed by atoms with Crippen LogP contribution in [0, 0.1) is 0 Å². The summed E-state index contributed by atoms with van der Waals surface area (Å²) in [5.41, 5.74) is 0.923. The van der Waals surface area contributed by atoms with E-state index in [2.05, 4.69) is 15.9 Å². The largest absolute Gasteiger partial charge is 0.521 e. The predicted octanol–water partition coefficient (Wildman–Crippen LogP) is 9.64. The number of carbonyl (C=O) groups excluding carboxylic acids is 2. The summed E-state index contributed by atoms with van der Waals surface area (Å²) in [6.45, 7) is 15.8. The van der Waals surface area contributed by atoms with Crippen LogP contribution in [-0.2, 0) is 54.9 Å². The van der Waals surface area contributed by atoms with Crippen LogP contribution in [0.3, 0.4) is 0 Å². The van der Waals surface area contributed by atoms with E-state index in [1.165, 1.54) is 24.3 Å². The molecule has 2 rings (SSSR count). The minimum absolute atomic E-state index is 0.169. The molecule has 0 fully saturated rings. The highest BCUT2D eigenvalue weighted by Crippen LogP contribution is 2.62. The van der Waals surface area contributed by atoms with E-state index in [-0.39, 0.29) is 57.4 Å². The summed E-state index contributed by atoms with van der Waals surface area (Å²) in [7, 11) is -12.2. The van der Waals surface area contributed by atoms with Gasteiger partial charge >= 0.3 is 35.2 Å². The van der Waals surface area contributed by atoms with Crippen LogP contribution in [0.15, 0.2) is 53.0 Å². The fourth-order valence-electron chi connectivity index (χ4n) is 3.82. The third-order valence-electron chi connectivity index (χ3n) is 5.69. The van der Waals surface area contributed by atoms with Crippen LogP contribution in [0.1, 0.15) is 76.1 Å². The predicted molar refractivity (Wildman–Crippen MR) is 202 cm³/mol. The third-order valence-corrected chi connectivity index (χ3v) is 16.3. The summed E-state index contributed by atoms with van der Waals surface area (Å²) in [6, 6.07) is 13.1. The van der Waals surface area contributed by atoms with Gasteiger partial charge in [0.25, 0.3) is 5.90 Å². The van der Waals surface area contributed by atoms with E-state index in [0.717, 1.165) is 4.47 Å². The minimum Gasteiger partial charge on any atom is -0.462 e. The van der Waals surface area contributed by atoms with E-state index in [0.29, 0.717) is 29.6 Å². The fraction of sp³-hybridized carbons (Fsp3) is 0.562. The third kappa shape index (κ3) is 19.9. The molecule has 0 aliphatic heterocycles. The number of ether oxygens (including phenoxy) is 2. The lowest BCUT2D eigenvalue weighted by Gasteiger charge is -2.23. The zero-order valence-electron chi connectivity index (χ0n) is 30.6. The summed E-state index contributed by atoms with van der Waals surface area (Å²) >= 11 is 3.28. The molecular formula is C32H52BrO14P4+. The molecule has 290 valence electrons. The van der Waals surface area contributed by atoms with Crippen LogP contribution >= 0.6 is 46.5 Å². The van der Waals surface area contributed by atoms with Crippen LogP contribution in [0.25, 0.3) is 0 Å². The van der Waals surface area contributed by atoms with Crippen LogP contribution in [0.4, 0.5) is 0 Å². The lowest BCUT2D eigenvalue weighted by Crippen LogP contribution is -2.14. The van der Waals surface area contributed by atoms with Gasteiger partial charge in [-0.05, 0) is 108 Å². The Morgan fingerprint density at radius 1 is 0.569 bits per heavy atom. The summed E-state index contributed by atoms with van der Waals surface area (Å²) in [5.74, 6) is -1.26. The Labute approximate surface area is 311 Å². The van der Waals surface area contributed by atoms with Gasteiger partial charge in [0.05, 0.1) is 64.0 Å². The highest BCUT2D eigenvalue weighted by molar-refractivity contribution is 9.10. The molecule has 0 heterocycles. The van der Waals surface area contributed by atoms with E-state index in [1.807, 2.05) is 12.1 Å². The van der Waals surface area contributed by atoms with Crippen LogP contribution in [0.5, 0.6) is 0 Å². The molecule has 2 aromatic rings. The first-order chi connectivity index (χ1) is 24.1. The number of benzene rings is 2. The van der Waals surface area contributed by atoms with Gasteiger partial charge in [0.15, 0.2) is 0 Å². The van der Waals surface area contributed by atoms with E-state index in [9.17, 15) is 27.8 Å². The zero-order valence-corrected chi connectivity index (χ0v) is 35.7. The second-order valence-corrected chi connectivity index (χ2v) is 19.2. The number of hydrogen-bond acceptors (Lipinski definition) is 14. The Morgan fingerprint density at radius 3 is 1.33 bits per heavy atom. The summed E-state index contributed by atoms with van der Waals surface area (Å²) in [4.78, 5) is 22.8. The average molecular weight is 865 g/mol. The van der Waals surface area contributed by atoms with Crippen molar-refractivity contribution in [1.82, 2.24) is 0 Å². The summed E-state index contributed by atoms with van der Waals surface area (Å²) in [5, 5.41) is 0.349. The van der Waals surface area contributed by atoms with E-state index in [4.69, 9.17) is 36.6 Å². The van der Waals surface area contributed by atoms with Gasteiger partial charge in [-0.3, -0.25) is 13.7 Å². The molecule has 14 nitrogen and oxygen atoms in total. The topological polar surface area (TPSA) is 176 Å². The maximum atomic E-state index is 13.3. The normalized spacial score (nSPS) is 12.7. The molecule has 0 aliphatic rings. The van der Waals surface area contributed by atoms with Gasteiger partial charge in [0.1, 0.15) is 5.90 Å². The van der Waals surface area contributed by atoms with E-state index >= 15 is 0 Å². The Morgan fingerprint density at radius 2 is 0.961 bits per heavy atom. The smallest absolute Gasteiger partial charge is 0.462 e. The number of carbonyl (C=O) groups is 2. The molecule has 0 radical (unpaired) electrons. The maximum absolute atomic E-state index is 13.3. The lowest BCUT2D eigenvalue weighted by molar-refractivity contribution is 0.0517. The van der Waals surface area contributed by atoms with Crippen molar-refractivity contribution >= 4 is 63.8 Å². The van der Waals surface area contributed by atoms with Gasteiger partial charge in [-0.1, -0.05) is 15.9 Å². The molecule has 0 N–H and O–H groups in total. The monoisotopic (exact) mass is 863 g/mol. The van der Waals surface area contributed by atoms with Crippen molar-refractivity contribution in [3.63, 3.8) is 0 Å². The molecule has 0 spiro atoms. The molecule has 0 amide bonds. The highest BCUT2D eigenvalue weighted by atomic mass is 79.9. The van der Waals surface area contributed by atoms with Crippen molar-refractivity contribution < 1.29 is 64.5 Å². The first-order valence-electron chi connectivity index (χ1n) is 16.4. The second-order valence-electron chi connectivity index (χ2n) is 9.51. The highest BCUT2D eigenvalue weighted by Gasteiger charge is 2.39. The van der Waals surface area contributed by atoms with Crippen molar-refractivity contribution in [3.8, 4) is 0 Å². The molecule has 0 aliphatic carbocycles. The Balaban J connectivity index is 0.000000810. The van der Waals surface area contributed by atoms with Crippen molar-refractivity contribution in [2.75, 3.05) is 64.7 Å². The molecule has 2 unspecified atom stereocenters.